The lowest BCUT2D eigenvalue weighted by Crippen LogP contribution is -2.25. The summed E-state index contributed by atoms with van der Waals surface area (Å²) in [5.41, 5.74) is 3.51. The summed E-state index contributed by atoms with van der Waals surface area (Å²) in [5, 5.41) is 8.39. The van der Waals surface area contributed by atoms with Crippen molar-refractivity contribution in [1.82, 2.24) is 19.5 Å². The lowest BCUT2D eigenvalue weighted by Gasteiger charge is -2.15. The molecule has 2 aromatic heterocycles. The van der Waals surface area contributed by atoms with Crippen molar-refractivity contribution in [1.29, 1.82) is 0 Å². The molecular weight excluding hydrogens is 526 g/mol. The van der Waals surface area contributed by atoms with Crippen LogP contribution in [0.1, 0.15) is 23.2 Å². The highest BCUT2D eigenvalue weighted by Crippen LogP contribution is 2.32. The van der Waals surface area contributed by atoms with Gasteiger partial charge in [0.15, 0.2) is 5.65 Å². The van der Waals surface area contributed by atoms with Crippen molar-refractivity contribution in [2.24, 2.45) is 0 Å². The van der Waals surface area contributed by atoms with Crippen LogP contribution < -0.4 is 14.8 Å². The van der Waals surface area contributed by atoms with E-state index in [1.807, 2.05) is 48.7 Å². The zero-order chi connectivity index (χ0) is 27.3. The lowest BCUT2D eigenvalue weighted by atomic mass is 10.1. The number of fused-ring (bicyclic) bond motifs is 1. The third kappa shape index (κ3) is 6.09. The monoisotopic (exact) mass is 553 g/mol. The van der Waals surface area contributed by atoms with E-state index < -0.39 is 5.97 Å². The number of nitrogens with one attached hydrogen (secondary N) is 1. The van der Waals surface area contributed by atoms with Gasteiger partial charge in [-0.1, -0.05) is 35.9 Å². The average molecular weight is 554 g/mol. The highest BCUT2D eigenvalue weighted by Gasteiger charge is 2.13. The predicted molar refractivity (Wildman–Crippen MR) is 156 cm³/mol. The zero-order valence-electron chi connectivity index (χ0n) is 21.8. The largest absolute Gasteiger partial charge is 0.492 e. The molecule has 0 bridgehead atoms. The van der Waals surface area contributed by atoms with Gasteiger partial charge in [-0.2, -0.15) is 4.98 Å². The number of anilines is 2. The van der Waals surface area contributed by atoms with Gasteiger partial charge in [0.05, 0.1) is 5.56 Å². The van der Waals surface area contributed by atoms with E-state index in [0.29, 0.717) is 40.1 Å². The molecular formula is C31H28ClN5O3. The van der Waals surface area contributed by atoms with E-state index in [2.05, 4.69) is 20.3 Å². The highest BCUT2D eigenvalue weighted by molar-refractivity contribution is 6.33. The molecule has 1 N–H and O–H groups in total. The Morgan fingerprint density at radius 1 is 0.925 bits per heavy atom. The van der Waals surface area contributed by atoms with Crippen LogP contribution in [0.2, 0.25) is 5.02 Å². The molecule has 0 aliphatic carbocycles. The Kier molecular flexibility index (Phi) is 7.61. The smallest absolute Gasteiger partial charge is 0.343 e. The van der Waals surface area contributed by atoms with Crippen LogP contribution in [0.4, 0.5) is 11.6 Å². The van der Waals surface area contributed by atoms with Gasteiger partial charge in [0.2, 0.25) is 5.95 Å². The van der Waals surface area contributed by atoms with Crippen molar-refractivity contribution in [3.63, 3.8) is 0 Å². The van der Waals surface area contributed by atoms with Crippen LogP contribution in [0.3, 0.4) is 0 Å². The fourth-order valence-corrected chi connectivity index (χ4v) is 4.94. The molecule has 3 aromatic carbocycles. The molecule has 6 rings (SSSR count). The van der Waals surface area contributed by atoms with E-state index in [1.165, 1.54) is 12.8 Å². The topological polar surface area (TPSA) is 81.0 Å². The van der Waals surface area contributed by atoms with Gasteiger partial charge in [0, 0.05) is 40.6 Å². The van der Waals surface area contributed by atoms with Crippen molar-refractivity contribution in [2.45, 2.75) is 12.8 Å². The maximum Gasteiger partial charge on any atom is 0.343 e. The molecule has 0 unspecified atom stereocenters. The first-order chi connectivity index (χ1) is 19.6. The van der Waals surface area contributed by atoms with Gasteiger partial charge in [-0.25, -0.2) is 9.31 Å². The van der Waals surface area contributed by atoms with Gasteiger partial charge >= 0.3 is 5.97 Å². The Morgan fingerprint density at radius 3 is 2.62 bits per heavy atom. The first kappa shape index (κ1) is 25.9. The van der Waals surface area contributed by atoms with E-state index in [0.717, 1.165) is 36.6 Å². The van der Waals surface area contributed by atoms with E-state index in [-0.39, 0.29) is 0 Å². The quantitative estimate of drug-likeness (QED) is 0.165. The number of hydrogen-bond donors (Lipinski definition) is 1. The van der Waals surface area contributed by atoms with Crippen LogP contribution in [0, 0.1) is 0 Å². The molecule has 3 heterocycles. The Labute approximate surface area is 237 Å². The highest BCUT2D eigenvalue weighted by atomic mass is 35.5. The Hall–Kier alpha value is -4.40. The molecule has 1 saturated heterocycles. The van der Waals surface area contributed by atoms with Crippen LogP contribution >= 0.6 is 11.6 Å². The van der Waals surface area contributed by atoms with E-state index >= 15 is 0 Å². The van der Waals surface area contributed by atoms with Crippen LogP contribution in [-0.2, 0) is 0 Å². The fourth-order valence-electron chi connectivity index (χ4n) is 4.72. The maximum atomic E-state index is 12.5. The third-order valence-electron chi connectivity index (χ3n) is 6.76. The third-order valence-corrected chi connectivity index (χ3v) is 7.09. The normalized spacial score (nSPS) is 13.4. The number of benzene rings is 3. The summed E-state index contributed by atoms with van der Waals surface area (Å²) in [6.07, 6.45) is 4.39. The van der Waals surface area contributed by atoms with Gasteiger partial charge in [0.25, 0.3) is 0 Å². The molecule has 1 fully saturated rings. The summed E-state index contributed by atoms with van der Waals surface area (Å²) in [5.74, 6) is 1.23. The first-order valence-corrected chi connectivity index (χ1v) is 13.6. The van der Waals surface area contributed by atoms with Crippen molar-refractivity contribution in [3.05, 3.63) is 102 Å². The number of rotatable bonds is 9. The number of nitrogens with zero attached hydrogens (tertiary/aromatic N) is 4. The van der Waals surface area contributed by atoms with Crippen LogP contribution in [0.25, 0.3) is 16.8 Å². The number of esters is 1. The molecule has 0 atom stereocenters. The number of halogens is 1. The van der Waals surface area contributed by atoms with E-state index in [1.54, 1.807) is 47.0 Å². The van der Waals surface area contributed by atoms with Crippen LogP contribution in [0.15, 0.2) is 91.1 Å². The van der Waals surface area contributed by atoms with Crippen molar-refractivity contribution < 1.29 is 14.3 Å². The zero-order valence-corrected chi connectivity index (χ0v) is 22.6. The number of hydrogen-bond acceptors (Lipinski definition) is 7. The first-order valence-electron chi connectivity index (χ1n) is 13.3. The second-order valence-electron chi connectivity index (χ2n) is 9.60. The SMILES string of the molecule is O=C(Oc1ccc(Cl)c(-c2ccc3nc(Nc4cccc(OCCN5CCCC5)c4)nn3c2)c1)c1ccccc1. The van der Waals surface area contributed by atoms with Gasteiger partial charge in [-0.15, -0.1) is 5.10 Å². The van der Waals surface area contributed by atoms with Gasteiger partial charge in [0.1, 0.15) is 18.1 Å². The molecule has 202 valence electrons. The van der Waals surface area contributed by atoms with Crippen LogP contribution in [0.5, 0.6) is 11.5 Å². The Morgan fingerprint density at radius 2 is 1.77 bits per heavy atom. The molecule has 1 aliphatic heterocycles. The summed E-state index contributed by atoms with van der Waals surface area (Å²) in [4.78, 5) is 19.5. The minimum atomic E-state index is -0.433. The Balaban J connectivity index is 1.15. The maximum absolute atomic E-state index is 12.5. The summed E-state index contributed by atoms with van der Waals surface area (Å²) in [7, 11) is 0. The minimum Gasteiger partial charge on any atom is -0.492 e. The minimum absolute atomic E-state index is 0.400. The molecule has 0 amide bonds. The summed E-state index contributed by atoms with van der Waals surface area (Å²) in [6, 6.07) is 25.6. The molecule has 9 heteroatoms. The average Bonchev–Trinajstić information content (AvgIpc) is 3.64. The summed E-state index contributed by atoms with van der Waals surface area (Å²) < 4.78 is 13.2. The molecule has 0 radical (unpaired) electrons. The van der Waals surface area contributed by atoms with Gasteiger partial charge in [-0.3, -0.25) is 4.90 Å². The van der Waals surface area contributed by atoms with E-state index in [4.69, 9.17) is 21.1 Å². The van der Waals surface area contributed by atoms with Crippen molar-refractivity contribution in [3.8, 4) is 22.6 Å². The van der Waals surface area contributed by atoms with Crippen LogP contribution in [-0.4, -0.2) is 51.7 Å². The standard InChI is InChI=1S/C31H28ClN5O3/c32-28-13-12-26(40-30(38)22-7-2-1-3-8-22)20-27(28)23-11-14-29-34-31(35-37(29)21-23)33-24-9-6-10-25(19-24)39-18-17-36-15-4-5-16-36/h1-3,6-14,19-21H,4-5,15-18H2,(H,33,35). The van der Waals surface area contributed by atoms with Gasteiger partial charge in [-0.05, 0) is 80.5 Å². The number of carbonyl (C=O) groups excluding carboxylic acids is 1. The van der Waals surface area contributed by atoms with Crippen molar-refractivity contribution in [2.75, 3.05) is 31.6 Å². The molecule has 1 aliphatic rings. The van der Waals surface area contributed by atoms with Crippen molar-refractivity contribution >= 4 is 34.9 Å². The fraction of sp³-hybridized carbons (Fsp3) is 0.194. The predicted octanol–water partition coefficient (Wildman–Crippen LogP) is 6.49. The number of pyridine rings is 1. The molecule has 0 spiro atoms. The number of carbonyl (C=O) groups is 1. The number of aromatic nitrogens is 3. The van der Waals surface area contributed by atoms with Gasteiger partial charge < -0.3 is 14.8 Å². The lowest BCUT2D eigenvalue weighted by molar-refractivity contribution is 0.0735. The molecule has 0 saturated carbocycles. The van der Waals surface area contributed by atoms with E-state index in [9.17, 15) is 4.79 Å². The second kappa shape index (κ2) is 11.8. The molecule has 8 nitrogen and oxygen atoms in total. The number of ether oxygens (including phenoxy) is 2. The molecule has 40 heavy (non-hydrogen) atoms. The summed E-state index contributed by atoms with van der Waals surface area (Å²) in [6.45, 7) is 3.92. The Bertz CT molecular complexity index is 1630. The second-order valence-corrected chi connectivity index (χ2v) is 10.0. The molecule has 5 aromatic rings. The summed E-state index contributed by atoms with van der Waals surface area (Å²) >= 11 is 6.52. The number of likely N-dealkylation sites (tertiary alicyclic amines) is 1.